The van der Waals surface area contributed by atoms with Crippen molar-refractivity contribution in [1.29, 1.82) is 0 Å². The standard InChI is InChI=1S/C17H33NO4.C16H33NO2.C11H22O2/c1-3-5-7-8-9-10-11-12-13-14-16(19)22-18(17(20)21)15-6-4-2;1-4-5-14-17-19-16(18)13-11-9-7-6-8-10-12-15(2)3;1-2-3-4-5-6-7-8-9-10-11(12)13/h3-15H2,1-2H3,(H,20,21);15,17H,4-14H2,1-3H3;2-10H2,1H3,(H,12,13). The van der Waals surface area contributed by atoms with Crippen LogP contribution in [0.4, 0.5) is 4.79 Å². The first-order valence-corrected chi connectivity index (χ1v) is 22.4. The van der Waals surface area contributed by atoms with Crippen molar-refractivity contribution in [3.05, 3.63) is 0 Å². The molecule has 0 aliphatic carbocycles. The molecule has 0 aromatic carbocycles. The molecule has 322 valence electrons. The molecule has 3 N–H and O–H groups in total. The average Bonchev–Trinajstić information content (AvgIpc) is 3.13. The van der Waals surface area contributed by atoms with Crippen molar-refractivity contribution < 1.29 is 39.1 Å². The molecule has 0 saturated heterocycles. The van der Waals surface area contributed by atoms with Crippen LogP contribution in [-0.4, -0.2) is 52.4 Å². The maximum Gasteiger partial charge on any atom is 0.440 e. The fraction of sp³-hybridized carbons (Fsp3) is 0.909. The minimum Gasteiger partial charge on any atom is -0.481 e. The zero-order valence-electron chi connectivity index (χ0n) is 36.2. The lowest BCUT2D eigenvalue weighted by molar-refractivity contribution is -0.180. The Bertz CT molecular complexity index is 824. The second-order valence-corrected chi connectivity index (χ2v) is 15.2. The van der Waals surface area contributed by atoms with E-state index in [0.29, 0.717) is 25.7 Å². The van der Waals surface area contributed by atoms with Crippen molar-refractivity contribution in [3.8, 4) is 0 Å². The van der Waals surface area contributed by atoms with Crippen LogP contribution >= 0.6 is 0 Å². The van der Waals surface area contributed by atoms with Crippen molar-refractivity contribution >= 4 is 24.0 Å². The largest absolute Gasteiger partial charge is 0.481 e. The Morgan fingerprint density at radius 2 is 0.889 bits per heavy atom. The highest BCUT2D eigenvalue weighted by atomic mass is 16.7. The summed E-state index contributed by atoms with van der Waals surface area (Å²) in [4.78, 5) is 53.8. The number of carboxylic acids is 1. The second-order valence-electron chi connectivity index (χ2n) is 15.2. The second kappa shape index (κ2) is 46.8. The van der Waals surface area contributed by atoms with Gasteiger partial charge in [-0.3, -0.25) is 9.59 Å². The molecule has 0 bridgehead atoms. The van der Waals surface area contributed by atoms with Crippen molar-refractivity contribution in [1.82, 2.24) is 10.5 Å². The van der Waals surface area contributed by atoms with Crippen molar-refractivity contribution in [2.24, 2.45) is 5.92 Å². The van der Waals surface area contributed by atoms with Crippen LogP contribution in [0.5, 0.6) is 0 Å². The first kappa shape index (κ1) is 56.0. The quantitative estimate of drug-likeness (QED) is 0.0424. The predicted octanol–water partition coefficient (Wildman–Crippen LogP) is 13.4. The number of unbranched alkanes of at least 4 members (excludes halogenated alkanes) is 22. The molecule has 0 aromatic heterocycles. The molecule has 0 aliphatic rings. The highest BCUT2D eigenvalue weighted by Gasteiger charge is 2.16. The molecule has 0 aromatic rings. The number of nitrogens with zero attached hydrogens (tertiary/aromatic N) is 1. The first-order chi connectivity index (χ1) is 26.0. The van der Waals surface area contributed by atoms with Crippen LogP contribution in [0.2, 0.25) is 0 Å². The minimum atomic E-state index is -1.20. The van der Waals surface area contributed by atoms with Crippen LogP contribution < -0.4 is 5.48 Å². The molecular weight excluding hydrogens is 684 g/mol. The van der Waals surface area contributed by atoms with Gasteiger partial charge >= 0.3 is 24.0 Å². The van der Waals surface area contributed by atoms with Gasteiger partial charge in [0.15, 0.2) is 0 Å². The summed E-state index contributed by atoms with van der Waals surface area (Å²) in [7, 11) is 0. The monoisotopic (exact) mass is 773 g/mol. The fourth-order valence-corrected chi connectivity index (χ4v) is 5.60. The van der Waals surface area contributed by atoms with Crippen molar-refractivity contribution in [2.75, 3.05) is 13.1 Å². The third-order valence-corrected chi connectivity index (χ3v) is 9.10. The topological polar surface area (TPSA) is 142 Å². The van der Waals surface area contributed by atoms with E-state index in [1.165, 1.54) is 109 Å². The molecule has 0 aliphatic heterocycles. The Morgan fingerprint density at radius 3 is 1.30 bits per heavy atom. The number of hydrogen-bond donors (Lipinski definition) is 3. The van der Waals surface area contributed by atoms with Crippen LogP contribution in [0.15, 0.2) is 0 Å². The van der Waals surface area contributed by atoms with Gasteiger partial charge in [0.25, 0.3) is 0 Å². The third-order valence-electron chi connectivity index (χ3n) is 9.10. The van der Waals surface area contributed by atoms with Gasteiger partial charge in [-0.1, -0.05) is 189 Å². The molecular formula is C44H88N2O8. The normalized spacial score (nSPS) is 10.6. The lowest BCUT2D eigenvalue weighted by atomic mass is 10.0. The fourth-order valence-electron chi connectivity index (χ4n) is 5.60. The minimum absolute atomic E-state index is 0.115. The number of amides is 1. The maximum atomic E-state index is 11.6. The third kappa shape index (κ3) is 51.7. The SMILES string of the molecule is CCCCCCCCCCC(=O)O.CCCCCCCCCCCC(=O)ON(CCCC)C(=O)O.CCCCNOC(=O)CCCCCCCCC(C)C. The Labute approximate surface area is 332 Å². The van der Waals surface area contributed by atoms with E-state index in [2.05, 4.69) is 40.1 Å². The molecule has 10 nitrogen and oxygen atoms in total. The Hall–Kier alpha value is -2.36. The summed E-state index contributed by atoms with van der Waals surface area (Å²) in [5, 5.41) is 18.1. The highest BCUT2D eigenvalue weighted by molar-refractivity contribution is 5.72. The van der Waals surface area contributed by atoms with Gasteiger partial charge in [0.05, 0.1) is 6.54 Å². The summed E-state index contributed by atoms with van der Waals surface area (Å²) in [6.07, 6.45) is 32.7. The Kier molecular flexibility index (Phi) is 48.5. The summed E-state index contributed by atoms with van der Waals surface area (Å²) in [5.74, 6) is -0.390. The summed E-state index contributed by atoms with van der Waals surface area (Å²) in [5.41, 5.74) is 2.72. The van der Waals surface area contributed by atoms with E-state index in [-0.39, 0.29) is 12.5 Å². The molecule has 1 amide bonds. The smallest absolute Gasteiger partial charge is 0.440 e. The number of hydroxylamine groups is 3. The van der Waals surface area contributed by atoms with Gasteiger partial charge in [-0.2, -0.15) is 5.48 Å². The van der Waals surface area contributed by atoms with E-state index in [9.17, 15) is 19.2 Å². The van der Waals surface area contributed by atoms with E-state index >= 15 is 0 Å². The molecule has 0 heterocycles. The van der Waals surface area contributed by atoms with Gasteiger partial charge in [-0.15, -0.1) is 5.06 Å². The molecule has 0 saturated carbocycles. The number of hydrogen-bond acceptors (Lipinski definition) is 7. The summed E-state index contributed by atoms with van der Waals surface area (Å²) >= 11 is 0. The van der Waals surface area contributed by atoms with Gasteiger partial charge in [0.1, 0.15) is 0 Å². The number of carbonyl (C=O) groups excluding carboxylic acids is 2. The zero-order chi connectivity index (χ0) is 40.9. The van der Waals surface area contributed by atoms with Gasteiger partial charge in [-0.05, 0) is 38.0 Å². The Balaban J connectivity index is -0.000000746. The molecule has 54 heavy (non-hydrogen) atoms. The summed E-state index contributed by atoms with van der Waals surface area (Å²) in [6.45, 7) is 14.1. The van der Waals surface area contributed by atoms with E-state index in [4.69, 9.17) is 19.9 Å². The van der Waals surface area contributed by atoms with Crippen LogP contribution in [-0.2, 0) is 24.1 Å². The van der Waals surface area contributed by atoms with Gasteiger partial charge < -0.3 is 19.9 Å². The number of carboxylic acid groups (broad SMARTS) is 2. The molecule has 0 fully saturated rings. The number of aliphatic carboxylic acids is 1. The zero-order valence-corrected chi connectivity index (χ0v) is 36.2. The van der Waals surface area contributed by atoms with Crippen LogP contribution in [0, 0.1) is 5.92 Å². The van der Waals surface area contributed by atoms with E-state index in [0.717, 1.165) is 81.7 Å². The summed E-state index contributed by atoms with van der Waals surface area (Å²) < 4.78 is 0. The highest BCUT2D eigenvalue weighted by Crippen LogP contribution is 2.13. The van der Waals surface area contributed by atoms with Gasteiger partial charge in [0.2, 0.25) is 0 Å². The van der Waals surface area contributed by atoms with Gasteiger partial charge in [-0.25, -0.2) is 9.59 Å². The molecule has 10 heteroatoms. The van der Waals surface area contributed by atoms with E-state index in [1.807, 2.05) is 6.92 Å². The molecule has 0 unspecified atom stereocenters. The molecule has 0 rings (SSSR count). The number of carbonyl (C=O) groups is 4. The van der Waals surface area contributed by atoms with E-state index < -0.39 is 18.0 Å². The van der Waals surface area contributed by atoms with Crippen molar-refractivity contribution in [2.45, 2.75) is 241 Å². The van der Waals surface area contributed by atoms with Crippen molar-refractivity contribution in [3.63, 3.8) is 0 Å². The molecule has 0 atom stereocenters. The van der Waals surface area contributed by atoms with E-state index in [1.54, 1.807) is 0 Å². The maximum absolute atomic E-state index is 11.6. The Morgan fingerprint density at radius 1 is 0.500 bits per heavy atom. The van der Waals surface area contributed by atoms with Crippen LogP contribution in [0.3, 0.4) is 0 Å². The lowest BCUT2D eigenvalue weighted by Gasteiger charge is -2.17. The molecule has 0 radical (unpaired) electrons. The lowest BCUT2D eigenvalue weighted by Crippen LogP contribution is -2.33. The summed E-state index contributed by atoms with van der Waals surface area (Å²) in [6, 6.07) is 0. The average molecular weight is 773 g/mol. The molecule has 0 spiro atoms. The van der Waals surface area contributed by atoms with Crippen LogP contribution in [0.1, 0.15) is 241 Å². The number of rotatable bonds is 35. The van der Waals surface area contributed by atoms with Gasteiger partial charge in [0, 0.05) is 25.8 Å². The first-order valence-electron chi connectivity index (χ1n) is 22.4. The predicted molar refractivity (Wildman–Crippen MR) is 223 cm³/mol. The van der Waals surface area contributed by atoms with Crippen LogP contribution in [0.25, 0.3) is 0 Å². The number of nitrogens with one attached hydrogen (secondary N) is 1.